The Kier molecular flexibility index (Phi) is 7.16. The van der Waals surface area contributed by atoms with E-state index in [4.69, 9.17) is 11.6 Å². The number of rotatable bonds is 7. The van der Waals surface area contributed by atoms with Crippen molar-refractivity contribution in [3.63, 3.8) is 0 Å². The Balaban J connectivity index is 1.31. The lowest BCUT2D eigenvalue weighted by Gasteiger charge is -2.11. The minimum atomic E-state index is -0.126. The fourth-order valence-electron chi connectivity index (χ4n) is 3.74. The summed E-state index contributed by atoms with van der Waals surface area (Å²) >= 11 is 7.77. The van der Waals surface area contributed by atoms with Crippen LogP contribution in [0.5, 0.6) is 0 Å². The van der Waals surface area contributed by atoms with E-state index in [1.54, 1.807) is 18.0 Å². The number of carbonyl (C=O) groups is 1. The van der Waals surface area contributed by atoms with E-state index < -0.39 is 0 Å². The highest BCUT2D eigenvalue weighted by molar-refractivity contribution is 7.99. The van der Waals surface area contributed by atoms with Crippen LogP contribution in [-0.4, -0.2) is 21.1 Å². The van der Waals surface area contributed by atoms with Crippen LogP contribution in [0, 0.1) is 6.92 Å². The third-order valence-corrected chi connectivity index (χ3v) is 7.19. The van der Waals surface area contributed by atoms with Crippen molar-refractivity contribution in [2.45, 2.75) is 23.3 Å². The second-order valence-corrected chi connectivity index (χ2v) is 9.79. The van der Waals surface area contributed by atoms with Gasteiger partial charge in [-0.2, -0.15) is 5.10 Å². The number of hydrogen-bond acceptors (Lipinski definition) is 4. The van der Waals surface area contributed by atoms with Crippen LogP contribution >= 0.6 is 23.4 Å². The lowest BCUT2D eigenvalue weighted by molar-refractivity contribution is 0.0948. The fourth-order valence-corrected chi connectivity index (χ4v) is 4.93. The minimum Gasteiger partial charge on any atom is -0.348 e. The van der Waals surface area contributed by atoms with Gasteiger partial charge in [-0.15, -0.1) is 0 Å². The Morgan fingerprint density at radius 3 is 2.72 bits per heavy atom. The van der Waals surface area contributed by atoms with Gasteiger partial charge in [-0.1, -0.05) is 53.7 Å². The zero-order valence-electron chi connectivity index (χ0n) is 19.5. The van der Waals surface area contributed by atoms with Crippen LogP contribution in [0.15, 0.2) is 94.9 Å². The molecule has 7 heteroatoms. The predicted molar refractivity (Wildman–Crippen MR) is 147 cm³/mol. The molecule has 0 atom stereocenters. The largest absolute Gasteiger partial charge is 0.348 e. The van der Waals surface area contributed by atoms with Crippen LogP contribution in [0.2, 0.25) is 5.02 Å². The zero-order valence-corrected chi connectivity index (χ0v) is 21.1. The molecule has 2 aromatic heterocycles. The SMILES string of the molecule is Cc1ccc(CNC(=O)c2ccccc2Sc2ccc3c(/C=C/c4ccccn4)n[nH]c3c2)cc1Cl. The van der Waals surface area contributed by atoms with E-state index in [0.29, 0.717) is 17.1 Å². The first-order valence-electron chi connectivity index (χ1n) is 11.4. The van der Waals surface area contributed by atoms with Gasteiger partial charge in [0, 0.05) is 32.9 Å². The van der Waals surface area contributed by atoms with E-state index >= 15 is 0 Å². The number of aryl methyl sites for hydroxylation is 1. The summed E-state index contributed by atoms with van der Waals surface area (Å²) in [6, 6.07) is 25.4. The summed E-state index contributed by atoms with van der Waals surface area (Å²) in [6.45, 7) is 2.37. The number of hydrogen-bond donors (Lipinski definition) is 2. The maximum Gasteiger partial charge on any atom is 0.252 e. The molecule has 0 aliphatic carbocycles. The number of pyridine rings is 1. The van der Waals surface area contributed by atoms with E-state index in [1.807, 2.05) is 97.9 Å². The van der Waals surface area contributed by atoms with Crippen LogP contribution in [0.1, 0.15) is 32.9 Å². The van der Waals surface area contributed by atoms with Crippen LogP contribution in [0.3, 0.4) is 0 Å². The molecule has 0 aliphatic heterocycles. The number of nitrogens with zero attached hydrogens (tertiary/aromatic N) is 2. The maximum atomic E-state index is 13.0. The molecule has 5 rings (SSSR count). The maximum absolute atomic E-state index is 13.0. The fraction of sp³-hybridized carbons (Fsp3) is 0.0690. The topological polar surface area (TPSA) is 70.7 Å². The second kappa shape index (κ2) is 10.8. The summed E-state index contributed by atoms with van der Waals surface area (Å²) in [5.74, 6) is -0.126. The molecule has 2 N–H and O–H groups in total. The number of fused-ring (bicyclic) bond motifs is 1. The number of aromatic amines is 1. The minimum absolute atomic E-state index is 0.126. The van der Waals surface area contributed by atoms with Gasteiger partial charge in [-0.25, -0.2) is 0 Å². The molecule has 0 radical (unpaired) electrons. The number of amides is 1. The Morgan fingerprint density at radius 1 is 1.03 bits per heavy atom. The van der Waals surface area contributed by atoms with Crippen molar-refractivity contribution in [3.8, 4) is 0 Å². The molecule has 3 aromatic carbocycles. The summed E-state index contributed by atoms with van der Waals surface area (Å²) < 4.78 is 0. The van der Waals surface area contributed by atoms with Crippen molar-refractivity contribution >= 4 is 52.3 Å². The predicted octanol–water partition coefficient (Wildman–Crippen LogP) is 7.17. The van der Waals surface area contributed by atoms with Crippen LogP contribution < -0.4 is 5.32 Å². The first-order valence-corrected chi connectivity index (χ1v) is 12.6. The highest BCUT2D eigenvalue weighted by atomic mass is 35.5. The molecule has 2 heterocycles. The first-order chi connectivity index (χ1) is 17.6. The van der Waals surface area contributed by atoms with Gasteiger partial charge in [0.25, 0.3) is 5.91 Å². The molecule has 0 fully saturated rings. The molecule has 36 heavy (non-hydrogen) atoms. The number of aromatic nitrogens is 3. The number of H-pyrrole nitrogens is 1. The number of benzene rings is 3. The van der Waals surface area contributed by atoms with Gasteiger partial charge < -0.3 is 5.32 Å². The first kappa shape index (κ1) is 23.9. The molecule has 0 aliphatic rings. The Hall–Kier alpha value is -3.87. The van der Waals surface area contributed by atoms with Gasteiger partial charge in [-0.05, 0) is 78.7 Å². The van der Waals surface area contributed by atoms with Gasteiger partial charge in [0.1, 0.15) is 0 Å². The summed E-state index contributed by atoms with van der Waals surface area (Å²) in [6.07, 6.45) is 5.66. The highest BCUT2D eigenvalue weighted by Crippen LogP contribution is 2.33. The van der Waals surface area contributed by atoms with E-state index in [9.17, 15) is 4.79 Å². The lowest BCUT2D eigenvalue weighted by Crippen LogP contribution is -2.23. The average molecular weight is 511 g/mol. The molecule has 0 saturated heterocycles. The molecule has 178 valence electrons. The lowest BCUT2D eigenvalue weighted by atomic mass is 10.1. The van der Waals surface area contributed by atoms with E-state index in [-0.39, 0.29) is 5.91 Å². The van der Waals surface area contributed by atoms with Gasteiger partial charge in [0.15, 0.2) is 0 Å². The highest BCUT2D eigenvalue weighted by Gasteiger charge is 2.13. The third kappa shape index (κ3) is 5.51. The normalized spacial score (nSPS) is 11.3. The van der Waals surface area contributed by atoms with E-state index in [0.717, 1.165) is 43.2 Å². The molecule has 0 unspecified atom stereocenters. The van der Waals surface area contributed by atoms with Crippen molar-refractivity contribution in [1.29, 1.82) is 0 Å². The van der Waals surface area contributed by atoms with Crippen molar-refractivity contribution < 1.29 is 4.79 Å². The van der Waals surface area contributed by atoms with Gasteiger partial charge in [-0.3, -0.25) is 14.9 Å². The summed E-state index contributed by atoms with van der Waals surface area (Å²) in [5, 5.41) is 12.3. The quantitative estimate of drug-likeness (QED) is 0.243. The van der Waals surface area contributed by atoms with Gasteiger partial charge in [0.05, 0.1) is 22.5 Å². The molecular weight excluding hydrogens is 488 g/mol. The summed E-state index contributed by atoms with van der Waals surface area (Å²) in [4.78, 5) is 19.2. The summed E-state index contributed by atoms with van der Waals surface area (Å²) in [5.41, 5.74) is 5.26. The Morgan fingerprint density at radius 2 is 1.89 bits per heavy atom. The van der Waals surface area contributed by atoms with E-state index in [1.165, 1.54) is 0 Å². The smallest absolute Gasteiger partial charge is 0.252 e. The van der Waals surface area contributed by atoms with Crippen LogP contribution in [0.4, 0.5) is 0 Å². The van der Waals surface area contributed by atoms with E-state index in [2.05, 4.69) is 20.5 Å². The van der Waals surface area contributed by atoms with Crippen molar-refractivity contribution in [2.24, 2.45) is 0 Å². The molecule has 0 saturated carbocycles. The number of halogens is 1. The number of carbonyl (C=O) groups excluding carboxylic acids is 1. The average Bonchev–Trinajstić information content (AvgIpc) is 3.31. The Labute approximate surface area is 218 Å². The Bertz CT molecular complexity index is 1560. The van der Waals surface area contributed by atoms with Gasteiger partial charge >= 0.3 is 0 Å². The van der Waals surface area contributed by atoms with Crippen molar-refractivity contribution in [2.75, 3.05) is 0 Å². The standard InChI is InChI=1S/C29H23ClN4OS/c1-19-9-10-20(16-25(19)30)18-32-29(35)24-7-2-3-8-28(24)36-22-12-13-23-26(33-34-27(23)17-22)14-11-21-6-4-5-15-31-21/h2-17H,18H2,1H3,(H,32,35)(H,33,34)/b14-11+. The van der Waals surface area contributed by atoms with Crippen LogP contribution in [0.25, 0.3) is 23.1 Å². The monoisotopic (exact) mass is 510 g/mol. The van der Waals surface area contributed by atoms with Crippen molar-refractivity contribution in [1.82, 2.24) is 20.5 Å². The van der Waals surface area contributed by atoms with Crippen molar-refractivity contribution in [3.05, 3.63) is 118 Å². The molecule has 5 aromatic rings. The molecule has 1 amide bonds. The second-order valence-electron chi connectivity index (χ2n) is 8.27. The molecule has 0 bridgehead atoms. The molecule has 0 spiro atoms. The summed E-state index contributed by atoms with van der Waals surface area (Å²) in [7, 11) is 0. The third-order valence-electron chi connectivity index (χ3n) is 5.71. The zero-order chi connectivity index (χ0) is 24.9. The molecule has 5 nitrogen and oxygen atoms in total. The van der Waals surface area contributed by atoms with Crippen LogP contribution in [-0.2, 0) is 6.54 Å². The number of nitrogens with one attached hydrogen (secondary N) is 2. The molecular formula is C29H23ClN4OS. The van der Waals surface area contributed by atoms with Gasteiger partial charge in [0.2, 0.25) is 0 Å².